The molecule has 1 amide bonds. The van der Waals surface area contributed by atoms with Crippen molar-refractivity contribution in [3.05, 3.63) is 53.2 Å². The number of nitrogens with zero attached hydrogens (tertiary/aromatic N) is 2. The number of amides is 1. The van der Waals surface area contributed by atoms with Gasteiger partial charge in [0.15, 0.2) is 0 Å². The molecular weight excluding hydrogens is 371 g/mol. The predicted octanol–water partition coefficient (Wildman–Crippen LogP) is 3.74. The van der Waals surface area contributed by atoms with Crippen molar-refractivity contribution in [1.82, 2.24) is 10.3 Å². The van der Waals surface area contributed by atoms with Crippen LogP contribution >= 0.6 is 24.8 Å². The van der Waals surface area contributed by atoms with Crippen molar-refractivity contribution in [2.24, 2.45) is 0 Å². The Hall–Kier alpha value is -1.98. The first-order valence-electron chi connectivity index (χ1n) is 8.48. The van der Waals surface area contributed by atoms with Gasteiger partial charge in [0.2, 0.25) is 0 Å². The van der Waals surface area contributed by atoms with E-state index in [4.69, 9.17) is 5.73 Å². The maximum atomic E-state index is 12.4. The number of hydrogen-bond acceptors (Lipinski definition) is 4. The predicted molar refractivity (Wildman–Crippen MR) is 112 cm³/mol. The summed E-state index contributed by atoms with van der Waals surface area (Å²) in [6.45, 7) is 4.52. The van der Waals surface area contributed by atoms with Gasteiger partial charge >= 0.3 is 0 Å². The molecule has 142 valence electrons. The molecule has 0 unspecified atom stereocenters. The molecule has 0 spiro atoms. The number of rotatable bonds is 4. The second-order valence-corrected chi connectivity index (χ2v) is 6.33. The first-order valence-corrected chi connectivity index (χ1v) is 8.48. The third-order valence-electron chi connectivity index (χ3n) is 4.45. The lowest BCUT2D eigenvalue weighted by atomic mass is 10.1. The maximum absolute atomic E-state index is 12.4. The molecule has 0 aliphatic carbocycles. The molecule has 1 aliphatic rings. The molecule has 1 fully saturated rings. The van der Waals surface area contributed by atoms with Gasteiger partial charge in [0.25, 0.3) is 5.91 Å². The van der Waals surface area contributed by atoms with Gasteiger partial charge in [-0.3, -0.25) is 4.79 Å². The molecule has 1 saturated heterocycles. The minimum atomic E-state index is -0.101. The highest BCUT2D eigenvalue weighted by Gasteiger charge is 2.13. The smallest absolute Gasteiger partial charge is 0.251 e. The molecule has 3 rings (SSSR count). The third-order valence-corrected chi connectivity index (χ3v) is 4.45. The number of aryl methyl sites for hydroxylation is 1. The fourth-order valence-corrected chi connectivity index (χ4v) is 3.03. The van der Waals surface area contributed by atoms with Gasteiger partial charge in [-0.1, -0.05) is 6.07 Å². The summed E-state index contributed by atoms with van der Waals surface area (Å²) >= 11 is 0. The Kier molecular flexibility index (Phi) is 8.69. The highest BCUT2D eigenvalue weighted by Crippen LogP contribution is 2.18. The number of nitrogens with one attached hydrogen (secondary N) is 1. The Morgan fingerprint density at radius 3 is 2.62 bits per heavy atom. The molecule has 0 bridgehead atoms. The minimum absolute atomic E-state index is 0. The molecule has 0 radical (unpaired) electrons. The van der Waals surface area contributed by atoms with Gasteiger partial charge in [-0.2, -0.15) is 0 Å². The standard InChI is InChI=1S/C19H24N4O.2ClH/c1-14-5-6-16(20)12-17(14)19(24)22-13-15-7-8-21-18(11-15)23-9-3-2-4-10-23;;/h5-8,11-12H,2-4,9-10,13,20H2,1H3,(H,22,24);2*1H. The number of benzene rings is 1. The quantitative estimate of drug-likeness (QED) is 0.772. The fourth-order valence-electron chi connectivity index (χ4n) is 3.03. The highest BCUT2D eigenvalue weighted by atomic mass is 35.5. The van der Waals surface area contributed by atoms with Crippen LogP contribution < -0.4 is 16.0 Å². The van der Waals surface area contributed by atoms with Crippen LogP contribution in [0.2, 0.25) is 0 Å². The topological polar surface area (TPSA) is 71.2 Å². The lowest BCUT2D eigenvalue weighted by Gasteiger charge is -2.27. The lowest BCUT2D eigenvalue weighted by Crippen LogP contribution is -2.30. The van der Waals surface area contributed by atoms with E-state index in [-0.39, 0.29) is 30.7 Å². The Bertz CT molecular complexity index is 733. The summed E-state index contributed by atoms with van der Waals surface area (Å²) in [5.41, 5.74) is 8.98. The molecule has 7 heteroatoms. The first-order chi connectivity index (χ1) is 11.6. The number of hydrogen-bond donors (Lipinski definition) is 2. The van der Waals surface area contributed by atoms with Crippen molar-refractivity contribution in [3.8, 4) is 0 Å². The van der Waals surface area contributed by atoms with E-state index in [0.29, 0.717) is 17.8 Å². The van der Waals surface area contributed by atoms with Crippen LogP contribution in [0.25, 0.3) is 0 Å². The molecule has 1 aromatic carbocycles. The monoisotopic (exact) mass is 396 g/mol. The molecule has 2 aromatic rings. The van der Waals surface area contributed by atoms with Gasteiger partial charge in [0, 0.05) is 37.1 Å². The molecule has 1 aliphatic heterocycles. The van der Waals surface area contributed by atoms with Crippen LogP contribution in [0.3, 0.4) is 0 Å². The molecule has 2 heterocycles. The number of anilines is 2. The van der Waals surface area contributed by atoms with E-state index >= 15 is 0 Å². The van der Waals surface area contributed by atoms with E-state index in [0.717, 1.165) is 30.0 Å². The molecule has 1 aromatic heterocycles. The molecule has 26 heavy (non-hydrogen) atoms. The summed E-state index contributed by atoms with van der Waals surface area (Å²) in [7, 11) is 0. The summed E-state index contributed by atoms with van der Waals surface area (Å²) < 4.78 is 0. The van der Waals surface area contributed by atoms with Crippen molar-refractivity contribution in [2.75, 3.05) is 23.7 Å². The largest absolute Gasteiger partial charge is 0.399 e. The Morgan fingerprint density at radius 2 is 1.88 bits per heavy atom. The maximum Gasteiger partial charge on any atom is 0.251 e. The van der Waals surface area contributed by atoms with Crippen molar-refractivity contribution in [3.63, 3.8) is 0 Å². The Morgan fingerprint density at radius 1 is 1.15 bits per heavy atom. The normalized spacial score (nSPS) is 13.3. The van der Waals surface area contributed by atoms with Gasteiger partial charge < -0.3 is 16.0 Å². The number of carbonyl (C=O) groups is 1. The zero-order chi connectivity index (χ0) is 16.9. The number of halogens is 2. The Labute approximate surface area is 167 Å². The van der Waals surface area contributed by atoms with Gasteiger partial charge in [0.1, 0.15) is 5.82 Å². The van der Waals surface area contributed by atoms with Gasteiger partial charge in [-0.15, -0.1) is 24.8 Å². The van der Waals surface area contributed by atoms with Crippen molar-refractivity contribution in [1.29, 1.82) is 0 Å². The lowest BCUT2D eigenvalue weighted by molar-refractivity contribution is 0.0950. The van der Waals surface area contributed by atoms with Crippen molar-refractivity contribution >= 4 is 42.2 Å². The van der Waals surface area contributed by atoms with Crippen LogP contribution in [0.4, 0.5) is 11.5 Å². The second-order valence-electron chi connectivity index (χ2n) is 6.33. The number of nitrogen functional groups attached to an aromatic ring is 1. The summed E-state index contributed by atoms with van der Waals surface area (Å²) in [4.78, 5) is 19.2. The van der Waals surface area contributed by atoms with E-state index in [1.807, 2.05) is 25.3 Å². The molecule has 0 atom stereocenters. The zero-order valence-corrected chi connectivity index (χ0v) is 16.5. The summed E-state index contributed by atoms with van der Waals surface area (Å²) in [5, 5.41) is 2.97. The highest BCUT2D eigenvalue weighted by molar-refractivity contribution is 5.96. The SMILES string of the molecule is Cc1ccc(N)cc1C(=O)NCc1ccnc(N2CCCCC2)c1.Cl.Cl. The van der Waals surface area contributed by atoms with E-state index in [1.54, 1.807) is 12.1 Å². The average Bonchev–Trinajstić information content (AvgIpc) is 2.63. The first kappa shape index (κ1) is 22.1. The fraction of sp³-hybridized carbons (Fsp3) is 0.368. The van der Waals surface area contributed by atoms with Gasteiger partial charge in [-0.05, 0) is 61.6 Å². The van der Waals surface area contributed by atoms with Crippen LogP contribution in [-0.4, -0.2) is 24.0 Å². The minimum Gasteiger partial charge on any atom is -0.399 e. The van der Waals surface area contributed by atoms with E-state index < -0.39 is 0 Å². The van der Waals surface area contributed by atoms with Crippen LogP contribution in [0, 0.1) is 6.92 Å². The third kappa shape index (κ3) is 5.51. The zero-order valence-electron chi connectivity index (χ0n) is 14.9. The summed E-state index contributed by atoms with van der Waals surface area (Å²) in [5.74, 6) is 0.901. The average molecular weight is 397 g/mol. The van der Waals surface area contributed by atoms with Crippen LogP contribution in [0.1, 0.15) is 40.7 Å². The van der Waals surface area contributed by atoms with E-state index in [1.165, 1.54) is 19.3 Å². The van der Waals surface area contributed by atoms with Crippen molar-refractivity contribution in [2.45, 2.75) is 32.7 Å². The number of pyridine rings is 1. The summed E-state index contributed by atoms with van der Waals surface area (Å²) in [6.07, 6.45) is 5.55. The molecule has 5 nitrogen and oxygen atoms in total. The summed E-state index contributed by atoms with van der Waals surface area (Å²) in [6, 6.07) is 9.40. The van der Waals surface area contributed by atoms with Crippen LogP contribution in [-0.2, 0) is 6.54 Å². The van der Waals surface area contributed by atoms with E-state index in [9.17, 15) is 4.79 Å². The molecule has 0 saturated carbocycles. The molecular formula is C19H26Cl2N4O. The van der Waals surface area contributed by atoms with E-state index in [2.05, 4.69) is 21.3 Å². The number of aromatic nitrogens is 1. The Balaban J connectivity index is 0.00000169. The van der Waals surface area contributed by atoms with Crippen LogP contribution in [0.15, 0.2) is 36.5 Å². The number of nitrogens with two attached hydrogens (primary N) is 1. The second kappa shape index (κ2) is 10.2. The van der Waals surface area contributed by atoms with Gasteiger partial charge in [0.05, 0.1) is 0 Å². The number of carbonyl (C=O) groups excluding carboxylic acids is 1. The molecule has 3 N–H and O–H groups in total. The number of piperidine rings is 1. The van der Waals surface area contributed by atoms with Crippen molar-refractivity contribution < 1.29 is 4.79 Å². The van der Waals surface area contributed by atoms with Crippen LogP contribution in [0.5, 0.6) is 0 Å². The van der Waals surface area contributed by atoms with Gasteiger partial charge in [-0.25, -0.2) is 4.98 Å².